The number of hydrogen-bond acceptors (Lipinski definition) is 4. The van der Waals surface area contributed by atoms with Crippen LogP contribution in [0.25, 0.3) is 5.69 Å². The maximum Gasteiger partial charge on any atom is 0.406 e. The van der Waals surface area contributed by atoms with E-state index in [9.17, 15) is 31.9 Å². The fourth-order valence-electron chi connectivity index (χ4n) is 2.43. The van der Waals surface area contributed by atoms with Crippen LogP contribution in [-0.2, 0) is 4.79 Å². The van der Waals surface area contributed by atoms with Crippen molar-refractivity contribution in [2.75, 3.05) is 27.2 Å². The molecule has 0 saturated carbocycles. The summed E-state index contributed by atoms with van der Waals surface area (Å²) in [6, 6.07) is 6.33. The summed E-state index contributed by atoms with van der Waals surface area (Å²) in [5.74, 6) is -2.86. The summed E-state index contributed by atoms with van der Waals surface area (Å²) in [4.78, 5) is 38.0. The number of carbonyl (C=O) groups is 2. The van der Waals surface area contributed by atoms with Crippen molar-refractivity contribution in [3.05, 3.63) is 57.8 Å². The van der Waals surface area contributed by atoms with Crippen LogP contribution in [0.2, 0.25) is 0 Å². The molecule has 2 amide bonds. The maximum atomic E-state index is 14.1. The van der Waals surface area contributed by atoms with Crippen molar-refractivity contribution in [3.8, 4) is 5.69 Å². The number of hydrogen-bond donors (Lipinski definition) is 0. The normalized spacial score (nSPS) is 11.3. The molecule has 2 aromatic rings. The van der Waals surface area contributed by atoms with Crippen LogP contribution in [0.4, 0.5) is 17.6 Å². The topological polar surface area (TPSA) is 75.5 Å². The van der Waals surface area contributed by atoms with Crippen LogP contribution >= 0.6 is 0 Å². The third-order valence-electron chi connectivity index (χ3n) is 3.87. The van der Waals surface area contributed by atoms with E-state index in [0.717, 1.165) is 21.7 Å². The molecule has 1 aromatic carbocycles. The van der Waals surface area contributed by atoms with Crippen molar-refractivity contribution < 1.29 is 27.2 Å². The Kier molecular flexibility index (Phi) is 6.40. The Bertz CT molecular complexity index is 986. The molecule has 0 N–H and O–H groups in total. The van der Waals surface area contributed by atoms with Gasteiger partial charge in [0.1, 0.15) is 24.6 Å². The molecule has 0 radical (unpaired) electrons. The van der Waals surface area contributed by atoms with Gasteiger partial charge in [-0.2, -0.15) is 18.3 Å². The van der Waals surface area contributed by atoms with Crippen LogP contribution in [0, 0.1) is 12.7 Å². The summed E-state index contributed by atoms with van der Waals surface area (Å²) < 4.78 is 53.8. The predicted octanol–water partition coefficient (Wildman–Crippen LogP) is 1.77. The molecule has 0 bridgehead atoms. The minimum Gasteiger partial charge on any atom is -0.347 e. The first-order valence-electron chi connectivity index (χ1n) is 8.33. The largest absolute Gasteiger partial charge is 0.406 e. The third kappa shape index (κ3) is 5.39. The molecule has 0 atom stereocenters. The van der Waals surface area contributed by atoms with E-state index in [4.69, 9.17) is 0 Å². The molecule has 11 heteroatoms. The molecule has 0 spiro atoms. The summed E-state index contributed by atoms with van der Waals surface area (Å²) in [6.07, 6.45) is -4.81. The maximum absolute atomic E-state index is 14.1. The van der Waals surface area contributed by atoms with Gasteiger partial charge in [0.15, 0.2) is 5.69 Å². The lowest BCUT2D eigenvalue weighted by Gasteiger charge is -2.24. The third-order valence-corrected chi connectivity index (χ3v) is 3.87. The minimum absolute atomic E-state index is 0.0919. The van der Waals surface area contributed by atoms with Crippen molar-refractivity contribution in [3.63, 3.8) is 0 Å². The molecule has 1 heterocycles. The summed E-state index contributed by atoms with van der Waals surface area (Å²) in [7, 11) is 2.63. The van der Waals surface area contributed by atoms with Gasteiger partial charge in [-0.05, 0) is 19.1 Å². The highest BCUT2D eigenvalue weighted by atomic mass is 19.4. The lowest BCUT2D eigenvalue weighted by atomic mass is 10.2. The lowest BCUT2D eigenvalue weighted by molar-refractivity contribution is -0.146. The van der Waals surface area contributed by atoms with Gasteiger partial charge < -0.3 is 9.80 Å². The number of amides is 2. The molecule has 0 aliphatic carbocycles. The smallest absolute Gasteiger partial charge is 0.347 e. The number of nitrogens with zero attached hydrogens (tertiary/aromatic N) is 4. The number of rotatable bonds is 5. The highest BCUT2D eigenvalue weighted by molar-refractivity contribution is 5.94. The lowest BCUT2D eigenvalue weighted by Crippen LogP contribution is -2.46. The summed E-state index contributed by atoms with van der Waals surface area (Å²) in [5.41, 5.74) is -1.71. The van der Waals surface area contributed by atoms with Crippen molar-refractivity contribution in [1.29, 1.82) is 0 Å². The average molecular weight is 414 g/mol. The first-order valence-corrected chi connectivity index (χ1v) is 8.33. The molecule has 0 aliphatic rings. The van der Waals surface area contributed by atoms with Gasteiger partial charge in [-0.3, -0.25) is 14.4 Å². The molecule has 29 heavy (non-hydrogen) atoms. The van der Waals surface area contributed by atoms with Gasteiger partial charge in [-0.25, -0.2) is 9.07 Å². The quantitative estimate of drug-likeness (QED) is 0.699. The molecule has 0 unspecified atom stereocenters. The van der Waals surface area contributed by atoms with E-state index in [1.54, 1.807) is 0 Å². The predicted molar refractivity (Wildman–Crippen MR) is 95.2 cm³/mol. The first kappa shape index (κ1) is 22.1. The Hall–Kier alpha value is -3.24. The van der Waals surface area contributed by atoms with Crippen LogP contribution in [0.5, 0.6) is 0 Å². The number of aryl methyl sites for hydroxylation is 1. The summed E-state index contributed by atoms with van der Waals surface area (Å²) in [5, 5.41) is 3.79. The van der Waals surface area contributed by atoms with E-state index >= 15 is 0 Å². The second-order valence-corrected chi connectivity index (χ2v) is 6.43. The molecule has 156 valence electrons. The Balaban J connectivity index is 2.53. The highest BCUT2D eigenvalue weighted by Crippen LogP contribution is 2.18. The van der Waals surface area contributed by atoms with Crippen molar-refractivity contribution >= 4 is 11.8 Å². The first-order chi connectivity index (χ1) is 13.4. The van der Waals surface area contributed by atoms with Crippen molar-refractivity contribution in [1.82, 2.24) is 19.6 Å². The van der Waals surface area contributed by atoms with Gasteiger partial charge in [0.2, 0.25) is 11.3 Å². The minimum atomic E-state index is -4.81. The van der Waals surface area contributed by atoms with E-state index in [-0.39, 0.29) is 16.3 Å². The van der Waals surface area contributed by atoms with Gasteiger partial charge in [0, 0.05) is 25.9 Å². The zero-order chi connectivity index (χ0) is 21.9. The van der Waals surface area contributed by atoms with E-state index < -0.39 is 48.0 Å². The second kappa shape index (κ2) is 8.41. The van der Waals surface area contributed by atoms with Gasteiger partial charge in [0.05, 0.1) is 0 Å². The monoisotopic (exact) mass is 414 g/mol. The number of carbonyl (C=O) groups excluding carboxylic acids is 2. The fourth-order valence-corrected chi connectivity index (χ4v) is 2.43. The van der Waals surface area contributed by atoms with Crippen molar-refractivity contribution in [2.45, 2.75) is 13.1 Å². The number of halogens is 4. The second-order valence-electron chi connectivity index (χ2n) is 6.43. The molecule has 0 fully saturated rings. The van der Waals surface area contributed by atoms with Crippen LogP contribution in [0.15, 0.2) is 35.1 Å². The van der Waals surface area contributed by atoms with Crippen molar-refractivity contribution in [2.24, 2.45) is 0 Å². The Labute approximate surface area is 163 Å². The fraction of sp³-hybridized carbons (Fsp3) is 0.333. The molecule has 0 saturated heterocycles. The van der Waals surface area contributed by atoms with Crippen LogP contribution in [0.3, 0.4) is 0 Å². The van der Waals surface area contributed by atoms with Crippen LogP contribution in [0.1, 0.15) is 16.2 Å². The standard InChI is InChI=1S/C18H18F4N4O3/c1-11-8-14(27)16(23-26(11)13-7-5-4-6-12(13)19)17(29)25(10-18(20,21)22)9-15(28)24(2)3/h4-8H,9-10H2,1-3H3. The SMILES string of the molecule is Cc1cc(=O)c(C(=O)N(CC(=O)N(C)C)CC(F)(F)F)nn1-c1ccccc1F. The van der Waals surface area contributed by atoms with Gasteiger partial charge in [-0.1, -0.05) is 12.1 Å². The molecular weight excluding hydrogens is 396 g/mol. The van der Waals surface area contributed by atoms with Crippen LogP contribution < -0.4 is 5.43 Å². The molecular formula is C18H18F4N4O3. The zero-order valence-electron chi connectivity index (χ0n) is 15.8. The number of benzene rings is 1. The molecule has 2 rings (SSSR count). The van der Waals surface area contributed by atoms with Crippen LogP contribution in [-0.4, -0.2) is 64.8 Å². The Morgan fingerprint density at radius 2 is 1.79 bits per heavy atom. The van der Waals surface area contributed by atoms with E-state index in [1.165, 1.54) is 39.2 Å². The number of likely N-dealkylation sites (N-methyl/N-ethyl adjacent to an activating group) is 1. The summed E-state index contributed by atoms with van der Waals surface area (Å²) >= 11 is 0. The van der Waals surface area contributed by atoms with Gasteiger partial charge in [-0.15, -0.1) is 0 Å². The highest BCUT2D eigenvalue weighted by Gasteiger charge is 2.36. The van der Waals surface area contributed by atoms with E-state index in [2.05, 4.69) is 5.10 Å². The Morgan fingerprint density at radius 1 is 1.17 bits per heavy atom. The molecule has 7 nitrogen and oxygen atoms in total. The van der Waals surface area contributed by atoms with E-state index in [0.29, 0.717) is 0 Å². The molecule has 1 aromatic heterocycles. The zero-order valence-corrected chi connectivity index (χ0v) is 15.8. The average Bonchev–Trinajstić information content (AvgIpc) is 2.60. The summed E-state index contributed by atoms with van der Waals surface area (Å²) in [6.45, 7) is -1.22. The molecule has 0 aliphatic heterocycles. The Morgan fingerprint density at radius 3 is 2.34 bits per heavy atom. The number of para-hydroxylation sites is 1. The van der Waals surface area contributed by atoms with Gasteiger partial charge in [0.25, 0.3) is 5.91 Å². The van der Waals surface area contributed by atoms with E-state index in [1.807, 2.05) is 0 Å². The number of alkyl halides is 3. The number of aromatic nitrogens is 2. The van der Waals surface area contributed by atoms with Gasteiger partial charge >= 0.3 is 6.18 Å².